The lowest BCUT2D eigenvalue weighted by Gasteiger charge is -2.18. The molecule has 0 spiro atoms. The SMILES string of the molecule is Cc1ccc(C(O)c2nn(C)c3c2CCc2c(C(N)=O)sc(Oc4ccc5c(c4)OCO5)c2-3)cc1. The van der Waals surface area contributed by atoms with E-state index in [1.54, 1.807) is 22.9 Å². The third-order valence-corrected chi connectivity index (χ3v) is 7.57. The van der Waals surface area contributed by atoms with Crippen LogP contribution < -0.4 is 19.9 Å². The van der Waals surface area contributed by atoms with Crippen molar-refractivity contribution < 1.29 is 24.1 Å². The number of aryl methyl sites for hydroxylation is 2. The molecule has 0 bridgehead atoms. The Labute approximate surface area is 205 Å². The van der Waals surface area contributed by atoms with Crippen LogP contribution in [0.1, 0.15) is 43.7 Å². The molecule has 2 aromatic carbocycles. The smallest absolute Gasteiger partial charge is 0.259 e. The predicted octanol–water partition coefficient (Wildman–Crippen LogP) is 4.26. The summed E-state index contributed by atoms with van der Waals surface area (Å²) >= 11 is 1.23. The number of thiophene rings is 1. The number of fused-ring (bicyclic) bond motifs is 4. The zero-order chi connectivity index (χ0) is 24.3. The Balaban J connectivity index is 1.45. The lowest BCUT2D eigenvalue weighted by Crippen LogP contribution is -2.14. The van der Waals surface area contributed by atoms with Crippen LogP contribution >= 0.6 is 11.3 Å². The molecule has 4 aromatic rings. The summed E-state index contributed by atoms with van der Waals surface area (Å²) in [4.78, 5) is 12.8. The molecule has 3 N–H and O–H groups in total. The maximum Gasteiger partial charge on any atom is 0.259 e. The first-order valence-corrected chi connectivity index (χ1v) is 12.1. The standard InChI is InChI=1S/C26H23N3O5S/c1-13-3-5-14(6-4-13)23(30)21-17-9-8-16-20(22(17)29(2)28-21)26(35-24(16)25(27)31)34-15-7-10-18-19(11-15)33-12-32-18/h3-7,10-11,23,30H,8-9,12H2,1-2H3,(H2,27,31). The van der Waals surface area contributed by atoms with Crippen LogP contribution in [0.2, 0.25) is 0 Å². The zero-order valence-electron chi connectivity index (χ0n) is 19.2. The Morgan fingerprint density at radius 2 is 1.89 bits per heavy atom. The van der Waals surface area contributed by atoms with Gasteiger partial charge in [-0.1, -0.05) is 41.2 Å². The van der Waals surface area contributed by atoms with E-state index in [9.17, 15) is 9.90 Å². The Morgan fingerprint density at radius 1 is 1.14 bits per heavy atom. The lowest BCUT2D eigenvalue weighted by molar-refractivity contribution is 0.100. The number of carbonyl (C=O) groups excluding carboxylic acids is 1. The molecule has 2 aromatic heterocycles. The predicted molar refractivity (Wildman–Crippen MR) is 130 cm³/mol. The molecule has 1 atom stereocenters. The minimum absolute atomic E-state index is 0.170. The highest BCUT2D eigenvalue weighted by atomic mass is 32.1. The third kappa shape index (κ3) is 3.55. The number of nitrogens with two attached hydrogens (primary N) is 1. The number of ether oxygens (including phenoxy) is 3. The van der Waals surface area contributed by atoms with E-state index in [2.05, 4.69) is 0 Å². The summed E-state index contributed by atoms with van der Waals surface area (Å²) in [5.41, 5.74) is 11.7. The van der Waals surface area contributed by atoms with Crippen molar-refractivity contribution in [1.29, 1.82) is 0 Å². The van der Waals surface area contributed by atoms with E-state index in [0.29, 0.717) is 45.7 Å². The van der Waals surface area contributed by atoms with E-state index in [0.717, 1.165) is 33.5 Å². The molecule has 8 nitrogen and oxygen atoms in total. The zero-order valence-corrected chi connectivity index (χ0v) is 20.0. The van der Waals surface area contributed by atoms with Crippen LogP contribution in [0.15, 0.2) is 42.5 Å². The van der Waals surface area contributed by atoms with Crippen LogP contribution in [0.3, 0.4) is 0 Å². The average molecular weight is 490 g/mol. The molecule has 178 valence electrons. The van der Waals surface area contributed by atoms with Crippen molar-refractivity contribution >= 4 is 17.2 Å². The van der Waals surface area contributed by atoms with Gasteiger partial charge in [-0.25, -0.2) is 0 Å². The molecular formula is C26H23N3O5S. The fraction of sp³-hybridized carbons (Fsp3) is 0.231. The number of nitrogens with zero attached hydrogens (tertiary/aromatic N) is 2. The summed E-state index contributed by atoms with van der Waals surface area (Å²) in [5.74, 6) is 1.33. The number of aliphatic hydroxyl groups is 1. The van der Waals surface area contributed by atoms with Gasteiger partial charge in [0.25, 0.3) is 5.91 Å². The topological polar surface area (TPSA) is 109 Å². The van der Waals surface area contributed by atoms with E-state index in [-0.39, 0.29) is 6.79 Å². The molecule has 1 unspecified atom stereocenters. The van der Waals surface area contributed by atoms with Crippen LogP contribution in [-0.4, -0.2) is 27.6 Å². The Hall–Kier alpha value is -3.82. The van der Waals surface area contributed by atoms with Crippen molar-refractivity contribution in [1.82, 2.24) is 9.78 Å². The van der Waals surface area contributed by atoms with E-state index in [1.165, 1.54) is 11.3 Å². The van der Waals surface area contributed by atoms with Crippen molar-refractivity contribution in [3.05, 3.63) is 75.3 Å². The number of carbonyl (C=O) groups is 1. The largest absolute Gasteiger partial charge is 0.454 e. The van der Waals surface area contributed by atoms with Gasteiger partial charge in [0.15, 0.2) is 16.6 Å². The van der Waals surface area contributed by atoms with Gasteiger partial charge in [0.05, 0.1) is 21.8 Å². The Morgan fingerprint density at radius 3 is 2.66 bits per heavy atom. The molecule has 2 aliphatic rings. The second-order valence-electron chi connectivity index (χ2n) is 8.70. The Bertz CT molecular complexity index is 1470. The van der Waals surface area contributed by atoms with Gasteiger partial charge in [0.2, 0.25) is 6.79 Å². The van der Waals surface area contributed by atoms with Crippen molar-refractivity contribution in [2.75, 3.05) is 6.79 Å². The van der Waals surface area contributed by atoms with Crippen LogP contribution in [-0.2, 0) is 19.9 Å². The highest BCUT2D eigenvalue weighted by Gasteiger charge is 2.34. The van der Waals surface area contributed by atoms with Crippen LogP contribution in [0.25, 0.3) is 11.3 Å². The number of benzene rings is 2. The number of amides is 1. The first-order valence-electron chi connectivity index (χ1n) is 11.2. The number of primary amides is 1. The summed E-state index contributed by atoms with van der Waals surface area (Å²) in [6.45, 7) is 2.18. The highest BCUT2D eigenvalue weighted by molar-refractivity contribution is 7.16. The molecular weight excluding hydrogens is 466 g/mol. The molecule has 3 heterocycles. The maximum atomic E-state index is 12.3. The molecule has 0 radical (unpaired) electrons. The van der Waals surface area contributed by atoms with Crippen LogP contribution in [0, 0.1) is 6.92 Å². The summed E-state index contributed by atoms with van der Waals surface area (Å²) in [6.07, 6.45) is 0.370. The van der Waals surface area contributed by atoms with Gasteiger partial charge in [-0.15, -0.1) is 0 Å². The van der Waals surface area contributed by atoms with Gasteiger partial charge in [-0.2, -0.15) is 5.10 Å². The second-order valence-corrected chi connectivity index (χ2v) is 9.69. The van der Waals surface area contributed by atoms with Gasteiger partial charge in [0, 0.05) is 18.7 Å². The molecule has 0 saturated heterocycles. The highest BCUT2D eigenvalue weighted by Crippen LogP contribution is 2.50. The molecule has 1 aliphatic carbocycles. The summed E-state index contributed by atoms with van der Waals surface area (Å²) in [6, 6.07) is 13.1. The molecule has 6 rings (SSSR count). The molecule has 1 amide bonds. The summed E-state index contributed by atoms with van der Waals surface area (Å²) < 4.78 is 18.9. The molecule has 1 aliphatic heterocycles. The van der Waals surface area contributed by atoms with E-state index in [1.807, 2.05) is 38.2 Å². The summed E-state index contributed by atoms with van der Waals surface area (Å²) in [5, 5.41) is 16.4. The third-order valence-electron chi connectivity index (χ3n) is 6.44. The minimum Gasteiger partial charge on any atom is -0.454 e. The van der Waals surface area contributed by atoms with Crippen molar-refractivity contribution in [2.24, 2.45) is 12.8 Å². The number of rotatable bonds is 5. The second kappa shape index (κ2) is 8.14. The summed E-state index contributed by atoms with van der Waals surface area (Å²) in [7, 11) is 1.84. The van der Waals surface area contributed by atoms with Gasteiger partial charge < -0.3 is 25.1 Å². The van der Waals surface area contributed by atoms with Crippen molar-refractivity contribution in [3.8, 4) is 33.6 Å². The maximum absolute atomic E-state index is 12.3. The van der Waals surface area contributed by atoms with Gasteiger partial charge in [-0.3, -0.25) is 9.48 Å². The minimum atomic E-state index is -0.862. The number of aliphatic hydroxyl groups excluding tert-OH is 1. The molecule has 0 saturated carbocycles. The average Bonchev–Trinajstić information content (AvgIpc) is 3.54. The molecule has 9 heteroatoms. The van der Waals surface area contributed by atoms with Crippen LogP contribution in [0.5, 0.6) is 22.3 Å². The van der Waals surface area contributed by atoms with E-state index in [4.69, 9.17) is 25.0 Å². The number of hydrogen-bond acceptors (Lipinski definition) is 7. The molecule has 0 fully saturated rings. The lowest BCUT2D eigenvalue weighted by atomic mass is 9.88. The number of hydrogen-bond donors (Lipinski definition) is 2. The Kier molecular flexibility index (Phi) is 5.05. The van der Waals surface area contributed by atoms with Crippen molar-refractivity contribution in [3.63, 3.8) is 0 Å². The first-order chi connectivity index (χ1) is 16.9. The quantitative estimate of drug-likeness (QED) is 0.434. The fourth-order valence-corrected chi connectivity index (χ4v) is 5.84. The van der Waals surface area contributed by atoms with Crippen LogP contribution in [0.4, 0.5) is 0 Å². The van der Waals surface area contributed by atoms with Gasteiger partial charge in [-0.05, 0) is 43.0 Å². The monoisotopic (exact) mass is 489 g/mol. The van der Waals surface area contributed by atoms with Gasteiger partial charge >= 0.3 is 0 Å². The fourth-order valence-electron chi connectivity index (χ4n) is 4.76. The van der Waals surface area contributed by atoms with E-state index < -0.39 is 12.0 Å². The normalized spacial score (nSPS) is 14.4. The number of aromatic nitrogens is 2. The first kappa shape index (κ1) is 21.7. The molecule has 35 heavy (non-hydrogen) atoms. The van der Waals surface area contributed by atoms with Gasteiger partial charge in [0.1, 0.15) is 11.9 Å². The van der Waals surface area contributed by atoms with Crippen molar-refractivity contribution in [2.45, 2.75) is 25.9 Å². The van der Waals surface area contributed by atoms with E-state index >= 15 is 0 Å².